The maximum absolute atomic E-state index is 12.8. The molecule has 1 N–H and O–H groups in total. The summed E-state index contributed by atoms with van der Waals surface area (Å²) in [5.74, 6) is 1.45. The maximum atomic E-state index is 12.8. The van der Waals surface area contributed by atoms with Crippen LogP contribution in [0.5, 0.6) is 11.5 Å². The summed E-state index contributed by atoms with van der Waals surface area (Å²) in [4.78, 5) is 21.8. The summed E-state index contributed by atoms with van der Waals surface area (Å²) >= 11 is 0. The van der Waals surface area contributed by atoms with Gasteiger partial charge in [-0.25, -0.2) is 0 Å². The number of aromatic nitrogens is 1. The van der Waals surface area contributed by atoms with Crippen molar-refractivity contribution in [2.24, 2.45) is 0 Å². The molecule has 1 saturated heterocycles. The number of carbonyl (C=O) groups is 1. The van der Waals surface area contributed by atoms with Gasteiger partial charge in [-0.05, 0) is 60.4 Å². The summed E-state index contributed by atoms with van der Waals surface area (Å²) in [7, 11) is 3.26. The zero-order valence-electron chi connectivity index (χ0n) is 20.6. The molecule has 4 rings (SSSR count). The van der Waals surface area contributed by atoms with Gasteiger partial charge in [0.15, 0.2) is 0 Å². The number of rotatable bonds is 10. The molecule has 0 unspecified atom stereocenters. The minimum atomic E-state index is -0.00442. The topological polar surface area (TPSA) is 66.9 Å². The van der Waals surface area contributed by atoms with Gasteiger partial charge in [-0.15, -0.1) is 0 Å². The van der Waals surface area contributed by atoms with Gasteiger partial charge in [-0.3, -0.25) is 14.7 Å². The van der Waals surface area contributed by atoms with E-state index in [1.807, 2.05) is 48.8 Å². The van der Waals surface area contributed by atoms with Crippen LogP contribution >= 0.6 is 0 Å². The number of methoxy groups -OCH3 is 2. The summed E-state index contributed by atoms with van der Waals surface area (Å²) in [6.07, 6.45) is 5.73. The number of nitrogens with one attached hydrogen (secondary N) is 1. The quantitative estimate of drug-likeness (QED) is 0.479. The predicted molar refractivity (Wildman–Crippen MR) is 140 cm³/mol. The standard InChI is InChI=1S/C28H34N4O3/c1-34-24-19-23(20-25(21-24)35-2)7-8-28(33)30-26-5-3-4-6-27(26)32-17-15-31(16-18-32)14-11-22-9-12-29-13-10-22/h3-6,9-10,12-13,19-21H,7-8,11,14-18H2,1-2H3,(H,30,33). The largest absolute Gasteiger partial charge is 0.497 e. The molecule has 1 aromatic heterocycles. The van der Waals surface area contributed by atoms with E-state index in [2.05, 4.69) is 38.3 Å². The summed E-state index contributed by atoms with van der Waals surface area (Å²) in [6.45, 7) is 4.93. The van der Waals surface area contributed by atoms with E-state index >= 15 is 0 Å². The van der Waals surface area contributed by atoms with Gasteiger partial charge in [0, 0.05) is 57.6 Å². The average Bonchev–Trinajstić information content (AvgIpc) is 2.91. The zero-order chi connectivity index (χ0) is 24.5. The molecule has 0 atom stereocenters. The first kappa shape index (κ1) is 24.5. The Morgan fingerprint density at radius 3 is 2.26 bits per heavy atom. The molecule has 0 aliphatic carbocycles. The Hall–Kier alpha value is -3.58. The van der Waals surface area contributed by atoms with Crippen molar-refractivity contribution in [1.29, 1.82) is 0 Å². The van der Waals surface area contributed by atoms with Crippen molar-refractivity contribution in [3.63, 3.8) is 0 Å². The van der Waals surface area contributed by atoms with Gasteiger partial charge in [0.1, 0.15) is 11.5 Å². The molecule has 2 heterocycles. The van der Waals surface area contributed by atoms with Crippen molar-refractivity contribution in [3.8, 4) is 11.5 Å². The number of aryl methyl sites for hydroxylation is 1. The van der Waals surface area contributed by atoms with Gasteiger partial charge in [-0.1, -0.05) is 12.1 Å². The number of para-hydroxylation sites is 2. The van der Waals surface area contributed by atoms with Crippen molar-refractivity contribution in [2.75, 3.05) is 57.2 Å². The number of piperazine rings is 1. The number of amides is 1. The Balaban J connectivity index is 1.30. The second-order valence-electron chi connectivity index (χ2n) is 8.72. The molecule has 1 aliphatic rings. The molecule has 1 fully saturated rings. The molecule has 0 bridgehead atoms. The molecule has 0 radical (unpaired) electrons. The van der Waals surface area contributed by atoms with E-state index in [0.717, 1.165) is 67.6 Å². The van der Waals surface area contributed by atoms with Crippen LogP contribution in [0.3, 0.4) is 0 Å². The Morgan fingerprint density at radius 2 is 1.57 bits per heavy atom. The monoisotopic (exact) mass is 474 g/mol. The third-order valence-corrected chi connectivity index (χ3v) is 6.41. The molecule has 1 amide bonds. The fraction of sp³-hybridized carbons (Fsp3) is 0.357. The fourth-order valence-corrected chi connectivity index (χ4v) is 4.39. The van der Waals surface area contributed by atoms with Crippen LogP contribution in [0.1, 0.15) is 17.5 Å². The number of pyridine rings is 1. The highest BCUT2D eigenvalue weighted by Gasteiger charge is 2.19. The minimum absolute atomic E-state index is 0.00442. The van der Waals surface area contributed by atoms with Crippen LogP contribution in [-0.2, 0) is 17.6 Å². The highest BCUT2D eigenvalue weighted by molar-refractivity contribution is 5.94. The van der Waals surface area contributed by atoms with Crippen LogP contribution in [0.2, 0.25) is 0 Å². The van der Waals surface area contributed by atoms with E-state index in [-0.39, 0.29) is 5.91 Å². The lowest BCUT2D eigenvalue weighted by molar-refractivity contribution is -0.116. The predicted octanol–water partition coefficient (Wildman–Crippen LogP) is 4.03. The van der Waals surface area contributed by atoms with E-state index in [0.29, 0.717) is 12.8 Å². The lowest BCUT2D eigenvalue weighted by atomic mass is 10.1. The van der Waals surface area contributed by atoms with Gasteiger partial charge in [-0.2, -0.15) is 0 Å². The third-order valence-electron chi connectivity index (χ3n) is 6.41. The lowest BCUT2D eigenvalue weighted by Gasteiger charge is -2.37. The highest BCUT2D eigenvalue weighted by Crippen LogP contribution is 2.27. The molecule has 2 aromatic carbocycles. The number of carbonyl (C=O) groups excluding carboxylic acids is 1. The minimum Gasteiger partial charge on any atom is -0.497 e. The molecule has 7 heteroatoms. The molecule has 7 nitrogen and oxygen atoms in total. The van der Waals surface area contributed by atoms with Crippen LogP contribution in [-0.4, -0.2) is 62.7 Å². The van der Waals surface area contributed by atoms with Crippen molar-refractivity contribution < 1.29 is 14.3 Å². The number of hydrogen-bond acceptors (Lipinski definition) is 6. The first-order valence-corrected chi connectivity index (χ1v) is 12.1. The lowest BCUT2D eigenvalue weighted by Crippen LogP contribution is -2.47. The van der Waals surface area contributed by atoms with Crippen LogP contribution in [0.4, 0.5) is 11.4 Å². The number of nitrogens with zero attached hydrogens (tertiary/aromatic N) is 3. The second-order valence-corrected chi connectivity index (χ2v) is 8.72. The molecule has 3 aromatic rings. The first-order chi connectivity index (χ1) is 17.1. The van der Waals surface area contributed by atoms with Crippen molar-refractivity contribution in [2.45, 2.75) is 19.3 Å². The first-order valence-electron chi connectivity index (χ1n) is 12.1. The van der Waals surface area contributed by atoms with E-state index in [1.165, 1.54) is 5.56 Å². The van der Waals surface area contributed by atoms with Gasteiger partial charge in [0.05, 0.1) is 25.6 Å². The van der Waals surface area contributed by atoms with Crippen LogP contribution < -0.4 is 19.7 Å². The molecule has 35 heavy (non-hydrogen) atoms. The highest BCUT2D eigenvalue weighted by atomic mass is 16.5. The number of hydrogen-bond donors (Lipinski definition) is 1. The van der Waals surface area contributed by atoms with Crippen LogP contribution in [0, 0.1) is 0 Å². The fourth-order valence-electron chi connectivity index (χ4n) is 4.39. The van der Waals surface area contributed by atoms with Crippen LogP contribution in [0.15, 0.2) is 67.0 Å². The molecular formula is C28H34N4O3. The second kappa shape index (κ2) is 12.2. The summed E-state index contributed by atoms with van der Waals surface area (Å²) in [6, 6.07) is 18.0. The Kier molecular flexibility index (Phi) is 8.57. The van der Waals surface area contributed by atoms with Gasteiger partial charge < -0.3 is 19.7 Å². The summed E-state index contributed by atoms with van der Waals surface area (Å²) in [5.41, 5.74) is 4.28. The van der Waals surface area contributed by atoms with Crippen molar-refractivity contribution in [3.05, 3.63) is 78.1 Å². The third kappa shape index (κ3) is 6.96. The maximum Gasteiger partial charge on any atom is 0.224 e. The van der Waals surface area contributed by atoms with Gasteiger partial charge in [0.2, 0.25) is 5.91 Å². The van der Waals surface area contributed by atoms with Gasteiger partial charge in [0.25, 0.3) is 0 Å². The smallest absolute Gasteiger partial charge is 0.224 e. The van der Waals surface area contributed by atoms with Crippen molar-refractivity contribution in [1.82, 2.24) is 9.88 Å². The number of benzene rings is 2. The zero-order valence-corrected chi connectivity index (χ0v) is 20.6. The summed E-state index contributed by atoms with van der Waals surface area (Å²) < 4.78 is 10.7. The Morgan fingerprint density at radius 1 is 0.886 bits per heavy atom. The molecule has 0 spiro atoms. The van der Waals surface area contributed by atoms with E-state index < -0.39 is 0 Å². The number of ether oxygens (including phenoxy) is 2. The molecule has 184 valence electrons. The Labute approximate surface area is 207 Å². The van der Waals surface area contributed by atoms with Crippen molar-refractivity contribution >= 4 is 17.3 Å². The van der Waals surface area contributed by atoms with Crippen LogP contribution in [0.25, 0.3) is 0 Å². The molecular weight excluding hydrogens is 440 g/mol. The number of anilines is 2. The molecule has 0 saturated carbocycles. The average molecular weight is 475 g/mol. The Bertz CT molecular complexity index is 1080. The summed E-state index contributed by atoms with van der Waals surface area (Å²) in [5, 5.41) is 3.13. The normalized spacial score (nSPS) is 13.9. The SMILES string of the molecule is COc1cc(CCC(=O)Nc2ccccc2N2CCN(CCc3ccncc3)CC2)cc(OC)c1. The van der Waals surface area contributed by atoms with E-state index in [1.54, 1.807) is 14.2 Å². The van der Waals surface area contributed by atoms with E-state index in [4.69, 9.17) is 9.47 Å². The van der Waals surface area contributed by atoms with Gasteiger partial charge >= 0.3 is 0 Å². The van der Waals surface area contributed by atoms with E-state index in [9.17, 15) is 4.79 Å². The molecule has 1 aliphatic heterocycles.